The lowest BCUT2D eigenvalue weighted by Crippen LogP contribution is -2.31. The van der Waals surface area contributed by atoms with Crippen LogP contribution in [0.15, 0.2) is 42.6 Å². The van der Waals surface area contributed by atoms with Crippen LogP contribution in [0.1, 0.15) is 16.8 Å². The van der Waals surface area contributed by atoms with Gasteiger partial charge in [-0.2, -0.15) is 5.10 Å². The van der Waals surface area contributed by atoms with E-state index >= 15 is 0 Å². The normalized spacial score (nSPS) is 10.6. The molecule has 0 aliphatic rings. The summed E-state index contributed by atoms with van der Waals surface area (Å²) in [5.41, 5.74) is 3.96. The molecule has 0 aliphatic heterocycles. The molecule has 7 heteroatoms. The molecule has 1 aromatic carbocycles. The average molecular weight is 350 g/mol. The van der Waals surface area contributed by atoms with Crippen molar-refractivity contribution >= 4 is 17.4 Å². The van der Waals surface area contributed by atoms with Crippen LogP contribution in [-0.2, 0) is 4.79 Å². The lowest BCUT2D eigenvalue weighted by atomic mass is 10.1. The summed E-state index contributed by atoms with van der Waals surface area (Å²) in [6.45, 7) is 6.12. The first kappa shape index (κ1) is 17.6. The van der Waals surface area contributed by atoms with Crippen LogP contribution in [0.2, 0.25) is 0 Å². The highest BCUT2D eigenvalue weighted by molar-refractivity contribution is 5.94. The summed E-state index contributed by atoms with van der Waals surface area (Å²) in [5, 5.41) is 15.6. The van der Waals surface area contributed by atoms with Crippen molar-refractivity contribution in [3.63, 3.8) is 0 Å². The molecule has 0 spiro atoms. The number of aryl methyl sites for hydroxylation is 2. The number of carbonyl (C=O) groups is 1. The quantitative estimate of drug-likeness (QED) is 0.766. The number of nitrogens with zero attached hydrogens (tertiary/aromatic N) is 5. The molecule has 134 valence electrons. The van der Waals surface area contributed by atoms with Gasteiger partial charge in [-0.1, -0.05) is 12.1 Å². The molecule has 3 aromatic rings. The molecule has 0 aliphatic carbocycles. The first-order valence-corrected chi connectivity index (χ1v) is 8.37. The van der Waals surface area contributed by atoms with E-state index in [1.54, 1.807) is 9.58 Å². The molecule has 7 nitrogen and oxygen atoms in total. The molecule has 0 fully saturated rings. The number of amides is 1. The van der Waals surface area contributed by atoms with Crippen molar-refractivity contribution in [3.8, 4) is 5.82 Å². The monoisotopic (exact) mass is 350 g/mol. The lowest BCUT2D eigenvalue weighted by Gasteiger charge is -2.18. The number of rotatable bonds is 5. The summed E-state index contributed by atoms with van der Waals surface area (Å²) in [4.78, 5) is 14.1. The minimum absolute atomic E-state index is 0.102. The van der Waals surface area contributed by atoms with Crippen LogP contribution in [0, 0.1) is 20.8 Å². The van der Waals surface area contributed by atoms with Crippen molar-refractivity contribution in [1.82, 2.24) is 20.0 Å². The fraction of sp³-hybridized carbons (Fsp3) is 0.263. The van der Waals surface area contributed by atoms with E-state index in [0.717, 1.165) is 22.5 Å². The van der Waals surface area contributed by atoms with E-state index in [1.165, 1.54) is 0 Å². The minimum atomic E-state index is -0.102. The summed E-state index contributed by atoms with van der Waals surface area (Å²) in [5.74, 6) is 1.15. The molecule has 0 saturated heterocycles. The Kier molecular flexibility index (Phi) is 4.97. The maximum absolute atomic E-state index is 12.3. The molecule has 26 heavy (non-hydrogen) atoms. The lowest BCUT2D eigenvalue weighted by molar-refractivity contribution is -0.114. The molecule has 2 heterocycles. The highest BCUT2D eigenvalue weighted by Gasteiger charge is 2.11. The van der Waals surface area contributed by atoms with Crippen molar-refractivity contribution in [1.29, 1.82) is 0 Å². The average Bonchev–Trinajstić information content (AvgIpc) is 3.05. The SMILES string of the molecule is Cc1ccn(-c2ccc(N(C)CC(=O)Nc3cccc(C)c3C)nn2)n1. The van der Waals surface area contributed by atoms with Crippen LogP contribution < -0.4 is 10.2 Å². The summed E-state index contributed by atoms with van der Waals surface area (Å²) in [7, 11) is 1.81. The van der Waals surface area contributed by atoms with Crippen molar-refractivity contribution in [2.24, 2.45) is 0 Å². The Morgan fingerprint density at radius 1 is 1.12 bits per heavy atom. The van der Waals surface area contributed by atoms with Crippen molar-refractivity contribution in [3.05, 3.63) is 59.4 Å². The third kappa shape index (κ3) is 3.88. The van der Waals surface area contributed by atoms with Crippen LogP contribution in [-0.4, -0.2) is 39.5 Å². The van der Waals surface area contributed by atoms with E-state index in [-0.39, 0.29) is 12.5 Å². The molecule has 0 bridgehead atoms. The van der Waals surface area contributed by atoms with Crippen LogP contribution in [0.3, 0.4) is 0 Å². The van der Waals surface area contributed by atoms with Gasteiger partial charge in [0.05, 0.1) is 12.2 Å². The Labute approximate surface area is 152 Å². The van der Waals surface area contributed by atoms with E-state index in [4.69, 9.17) is 0 Å². The third-order valence-electron chi connectivity index (χ3n) is 4.24. The Morgan fingerprint density at radius 3 is 2.58 bits per heavy atom. The molecular weight excluding hydrogens is 328 g/mol. The molecule has 1 amide bonds. The Balaban J connectivity index is 1.64. The number of anilines is 2. The second kappa shape index (κ2) is 7.35. The Bertz CT molecular complexity index is 916. The highest BCUT2D eigenvalue weighted by Crippen LogP contribution is 2.18. The maximum Gasteiger partial charge on any atom is 0.243 e. The van der Waals surface area contributed by atoms with Gasteiger partial charge in [0.15, 0.2) is 11.6 Å². The van der Waals surface area contributed by atoms with Gasteiger partial charge in [0.1, 0.15) is 0 Å². The second-order valence-corrected chi connectivity index (χ2v) is 6.30. The zero-order chi connectivity index (χ0) is 18.7. The van der Waals surface area contributed by atoms with E-state index < -0.39 is 0 Å². The fourth-order valence-corrected chi connectivity index (χ4v) is 2.56. The van der Waals surface area contributed by atoms with Gasteiger partial charge in [0, 0.05) is 18.9 Å². The number of likely N-dealkylation sites (N-methyl/N-ethyl adjacent to an activating group) is 1. The third-order valence-corrected chi connectivity index (χ3v) is 4.24. The van der Waals surface area contributed by atoms with Gasteiger partial charge in [-0.15, -0.1) is 10.2 Å². The largest absolute Gasteiger partial charge is 0.349 e. The topological polar surface area (TPSA) is 75.9 Å². The van der Waals surface area contributed by atoms with Crippen LogP contribution in [0.25, 0.3) is 5.82 Å². The summed E-state index contributed by atoms with van der Waals surface area (Å²) in [6, 6.07) is 11.4. The number of carbonyl (C=O) groups excluding carboxylic acids is 1. The molecule has 0 atom stereocenters. The van der Waals surface area contributed by atoms with Gasteiger partial charge in [-0.3, -0.25) is 4.79 Å². The minimum Gasteiger partial charge on any atom is -0.349 e. The van der Waals surface area contributed by atoms with Crippen LogP contribution >= 0.6 is 0 Å². The van der Waals surface area contributed by atoms with E-state index in [1.807, 2.05) is 70.4 Å². The van der Waals surface area contributed by atoms with E-state index in [2.05, 4.69) is 20.6 Å². The number of nitrogens with one attached hydrogen (secondary N) is 1. The molecule has 0 radical (unpaired) electrons. The van der Waals surface area contributed by atoms with Crippen LogP contribution in [0.4, 0.5) is 11.5 Å². The molecule has 3 rings (SSSR count). The molecular formula is C19H22N6O. The van der Waals surface area contributed by atoms with E-state index in [9.17, 15) is 4.79 Å². The standard InChI is InChI=1S/C19H22N6O/c1-13-6-5-7-16(15(13)3)20-19(26)12-24(4)17-8-9-18(22-21-17)25-11-10-14(2)23-25/h5-11H,12H2,1-4H3,(H,20,26). The predicted molar refractivity (Wildman–Crippen MR) is 102 cm³/mol. The number of benzene rings is 1. The molecule has 1 N–H and O–H groups in total. The van der Waals surface area contributed by atoms with Crippen molar-refractivity contribution in [2.45, 2.75) is 20.8 Å². The van der Waals surface area contributed by atoms with Gasteiger partial charge in [0.25, 0.3) is 0 Å². The van der Waals surface area contributed by atoms with Crippen LogP contribution in [0.5, 0.6) is 0 Å². The van der Waals surface area contributed by atoms with Crippen molar-refractivity contribution in [2.75, 3.05) is 23.8 Å². The number of hydrogen-bond acceptors (Lipinski definition) is 5. The van der Waals surface area contributed by atoms with Gasteiger partial charge >= 0.3 is 0 Å². The first-order chi connectivity index (χ1) is 12.4. The summed E-state index contributed by atoms with van der Waals surface area (Å²) < 4.78 is 1.67. The molecule has 2 aromatic heterocycles. The van der Waals surface area contributed by atoms with Gasteiger partial charge < -0.3 is 10.2 Å². The molecule has 0 saturated carbocycles. The summed E-state index contributed by atoms with van der Waals surface area (Å²) >= 11 is 0. The Hall–Kier alpha value is -3.22. The maximum atomic E-state index is 12.3. The smallest absolute Gasteiger partial charge is 0.243 e. The van der Waals surface area contributed by atoms with Gasteiger partial charge in [-0.25, -0.2) is 4.68 Å². The first-order valence-electron chi connectivity index (χ1n) is 8.37. The highest BCUT2D eigenvalue weighted by atomic mass is 16.2. The zero-order valence-electron chi connectivity index (χ0n) is 15.4. The Morgan fingerprint density at radius 2 is 1.92 bits per heavy atom. The number of aromatic nitrogens is 4. The number of hydrogen-bond donors (Lipinski definition) is 1. The summed E-state index contributed by atoms with van der Waals surface area (Å²) in [6.07, 6.45) is 1.83. The van der Waals surface area contributed by atoms with Crippen molar-refractivity contribution < 1.29 is 4.79 Å². The fourth-order valence-electron chi connectivity index (χ4n) is 2.56. The zero-order valence-corrected chi connectivity index (χ0v) is 15.4. The van der Waals surface area contributed by atoms with Gasteiger partial charge in [-0.05, 0) is 56.2 Å². The predicted octanol–water partition coefficient (Wildman–Crippen LogP) is 2.66. The second-order valence-electron chi connectivity index (χ2n) is 6.30. The van der Waals surface area contributed by atoms with Gasteiger partial charge in [0.2, 0.25) is 5.91 Å². The molecule has 0 unspecified atom stereocenters. The van der Waals surface area contributed by atoms with E-state index in [0.29, 0.717) is 11.6 Å².